The Hall–Kier alpha value is -3.72. The molecule has 2 heterocycles. The van der Waals surface area contributed by atoms with E-state index in [9.17, 15) is 13.6 Å². The third kappa shape index (κ3) is 6.24. The van der Waals surface area contributed by atoms with Gasteiger partial charge in [0.15, 0.2) is 0 Å². The number of carbonyl (C=O) groups is 1. The van der Waals surface area contributed by atoms with E-state index in [1.165, 1.54) is 0 Å². The molecule has 0 spiro atoms. The fourth-order valence-electron chi connectivity index (χ4n) is 4.12. The predicted octanol–water partition coefficient (Wildman–Crippen LogP) is 4.34. The van der Waals surface area contributed by atoms with Gasteiger partial charge in [-0.3, -0.25) is 9.69 Å². The molecule has 0 radical (unpaired) electrons. The van der Waals surface area contributed by atoms with Gasteiger partial charge in [0, 0.05) is 56.0 Å². The molecule has 0 unspecified atom stereocenters. The summed E-state index contributed by atoms with van der Waals surface area (Å²) in [6.07, 6.45) is 2.53. The van der Waals surface area contributed by atoms with Gasteiger partial charge in [-0.2, -0.15) is 0 Å². The van der Waals surface area contributed by atoms with Crippen LogP contribution >= 0.6 is 0 Å². The standard InChI is InChI=1S/C26H28F2N4O3/c1-34-23-6-4-18(24(15-23)35-2)17-31-8-3-9-32(11-10-31)25-7-5-22(16-29-25)30-26(33)19-12-20(27)14-21(28)13-19/h4-7,12-16H,3,8-11,17H2,1-2H3,(H,30,33). The lowest BCUT2D eigenvalue weighted by Crippen LogP contribution is -2.31. The fraction of sp³-hybridized carbons (Fsp3) is 0.308. The molecule has 1 aromatic heterocycles. The molecule has 0 saturated carbocycles. The number of hydrogen-bond donors (Lipinski definition) is 1. The van der Waals surface area contributed by atoms with Crippen LogP contribution in [0.2, 0.25) is 0 Å². The minimum Gasteiger partial charge on any atom is -0.497 e. The van der Waals surface area contributed by atoms with Crippen molar-refractivity contribution in [2.75, 3.05) is 50.6 Å². The van der Waals surface area contributed by atoms with Crippen LogP contribution < -0.4 is 19.7 Å². The summed E-state index contributed by atoms with van der Waals surface area (Å²) in [4.78, 5) is 21.4. The van der Waals surface area contributed by atoms with Gasteiger partial charge in [0.1, 0.15) is 29.0 Å². The topological polar surface area (TPSA) is 66.9 Å². The SMILES string of the molecule is COc1ccc(CN2CCCN(c3ccc(NC(=O)c4cc(F)cc(F)c4)cn3)CC2)c(OC)c1. The molecule has 0 aliphatic carbocycles. The first-order valence-electron chi connectivity index (χ1n) is 11.4. The van der Waals surface area contributed by atoms with E-state index in [1.807, 2.05) is 24.3 Å². The summed E-state index contributed by atoms with van der Waals surface area (Å²) in [5, 5.41) is 2.63. The van der Waals surface area contributed by atoms with Gasteiger partial charge in [-0.25, -0.2) is 13.8 Å². The average molecular weight is 483 g/mol. The van der Waals surface area contributed by atoms with E-state index in [2.05, 4.69) is 20.1 Å². The third-order valence-electron chi connectivity index (χ3n) is 5.93. The van der Waals surface area contributed by atoms with Crippen molar-refractivity contribution in [1.29, 1.82) is 0 Å². The summed E-state index contributed by atoms with van der Waals surface area (Å²) < 4.78 is 37.6. The van der Waals surface area contributed by atoms with Gasteiger partial charge in [-0.15, -0.1) is 0 Å². The van der Waals surface area contributed by atoms with Crippen LogP contribution in [-0.4, -0.2) is 56.2 Å². The number of benzene rings is 2. The van der Waals surface area contributed by atoms with Crippen LogP contribution in [0.3, 0.4) is 0 Å². The highest BCUT2D eigenvalue weighted by Crippen LogP contribution is 2.26. The first-order valence-corrected chi connectivity index (χ1v) is 11.4. The lowest BCUT2D eigenvalue weighted by atomic mass is 10.1. The Labute approximate surface area is 203 Å². The zero-order valence-electron chi connectivity index (χ0n) is 19.8. The van der Waals surface area contributed by atoms with E-state index in [0.717, 1.165) is 80.2 Å². The van der Waals surface area contributed by atoms with Crippen LogP contribution in [0.4, 0.5) is 20.3 Å². The van der Waals surface area contributed by atoms with Crippen molar-refractivity contribution in [1.82, 2.24) is 9.88 Å². The first-order chi connectivity index (χ1) is 16.9. The fourth-order valence-corrected chi connectivity index (χ4v) is 4.12. The monoisotopic (exact) mass is 482 g/mol. The van der Waals surface area contributed by atoms with E-state index in [1.54, 1.807) is 26.5 Å². The van der Waals surface area contributed by atoms with Crippen molar-refractivity contribution in [2.45, 2.75) is 13.0 Å². The summed E-state index contributed by atoms with van der Waals surface area (Å²) in [5.74, 6) is 0.182. The molecule has 1 fully saturated rings. The zero-order valence-corrected chi connectivity index (χ0v) is 19.8. The summed E-state index contributed by atoms with van der Waals surface area (Å²) in [5.41, 5.74) is 1.47. The number of aromatic nitrogens is 1. The molecule has 1 amide bonds. The van der Waals surface area contributed by atoms with Crippen molar-refractivity contribution in [3.8, 4) is 11.5 Å². The number of carbonyl (C=O) groups excluding carboxylic acids is 1. The predicted molar refractivity (Wildman–Crippen MR) is 130 cm³/mol. The lowest BCUT2D eigenvalue weighted by molar-refractivity contribution is 0.102. The summed E-state index contributed by atoms with van der Waals surface area (Å²) in [7, 11) is 3.30. The highest BCUT2D eigenvalue weighted by atomic mass is 19.1. The Bertz CT molecular complexity index is 1150. The smallest absolute Gasteiger partial charge is 0.255 e. The van der Waals surface area contributed by atoms with Crippen LogP contribution in [0.5, 0.6) is 11.5 Å². The number of rotatable bonds is 7. The first kappa shape index (κ1) is 24.4. The number of halogens is 2. The summed E-state index contributed by atoms with van der Waals surface area (Å²) in [6, 6.07) is 12.2. The highest BCUT2D eigenvalue weighted by Gasteiger charge is 2.18. The molecular weight excluding hydrogens is 454 g/mol. The van der Waals surface area contributed by atoms with Crippen molar-refractivity contribution >= 4 is 17.4 Å². The Balaban J connectivity index is 1.35. The van der Waals surface area contributed by atoms with Gasteiger partial charge >= 0.3 is 0 Å². The molecule has 2 aromatic carbocycles. The molecule has 35 heavy (non-hydrogen) atoms. The minimum absolute atomic E-state index is 0.0901. The van der Waals surface area contributed by atoms with Gasteiger partial charge in [-0.05, 0) is 36.8 Å². The van der Waals surface area contributed by atoms with Crippen molar-refractivity contribution in [2.24, 2.45) is 0 Å². The second-order valence-corrected chi connectivity index (χ2v) is 8.31. The van der Waals surface area contributed by atoms with Crippen molar-refractivity contribution in [3.63, 3.8) is 0 Å². The van der Waals surface area contributed by atoms with Crippen LogP contribution in [0.1, 0.15) is 22.3 Å². The molecule has 184 valence electrons. The number of hydrogen-bond acceptors (Lipinski definition) is 6. The van der Waals surface area contributed by atoms with Crippen molar-refractivity contribution in [3.05, 3.63) is 77.5 Å². The van der Waals surface area contributed by atoms with E-state index in [0.29, 0.717) is 5.69 Å². The molecule has 1 saturated heterocycles. The molecular formula is C26H28F2N4O3. The second kappa shape index (κ2) is 11.1. The van der Waals surface area contributed by atoms with E-state index >= 15 is 0 Å². The molecule has 3 aromatic rings. The van der Waals surface area contributed by atoms with E-state index in [-0.39, 0.29) is 5.56 Å². The molecule has 0 bridgehead atoms. The Morgan fingerprint density at radius 2 is 1.77 bits per heavy atom. The third-order valence-corrected chi connectivity index (χ3v) is 5.93. The van der Waals surface area contributed by atoms with Crippen LogP contribution in [-0.2, 0) is 6.54 Å². The molecule has 1 aliphatic heterocycles. The van der Waals surface area contributed by atoms with E-state index in [4.69, 9.17) is 9.47 Å². The quantitative estimate of drug-likeness (QED) is 0.541. The molecule has 9 heteroatoms. The van der Waals surface area contributed by atoms with Gasteiger partial charge in [-0.1, -0.05) is 6.07 Å². The zero-order chi connectivity index (χ0) is 24.8. The second-order valence-electron chi connectivity index (χ2n) is 8.31. The Kier molecular flexibility index (Phi) is 7.77. The molecule has 1 aliphatic rings. The number of anilines is 2. The number of methoxy groups -OCH3 is 2. The number of pyridine rings is 1. The maximum absolute atomic E-state index is 13.4. The van der Waals surface area contributed by atoms with Gasteiger partial charge in [0.2, 0.25) is 0 Å². The molecule has 4 rings (SSSR count). The summed E-state index contributed by atoms with van der Waals surface area (Å²) in [6.45, 7) is 4.25. The number of nitrogens with zero attached hydrogens (tertiary/aromatic N) is 3. The van der Waals surface area contributed by atoms with Gasteiger partial charge in [0.25, 0.3) is 5.91 Å². The average Bonchev–Trinajstić information content (AvgIpc) is 3.09. The van der Waals surface area contributed by atoms with Crippen molar-refractivity contribution < 1.29 is 23.0 Å². The Morgan fingerprint density at radius 1 is 0.971 bits per heavy atom. The van der Waals surface area contributed by atoms with Crippen LogP contribution in [0, 0.1) is 11.6 Å². The normalized spacial score (nSPS) is 14.3. The van der Waals surface area contributed by atoms with Gasteiger partial charge < -0.3 is 19.7 Å². The number of ether oxygens (including phenoxy) is 2. The number of amides is 1. The van der Waals surface area contributed by atoms with Crippen LogP contribution in [0.25, 0.3) is 0 Å². The number of nitrogens with one attached hydrogen (secondary N) is 1. The lowest BCUT2D eigenvalue weighted by Gasteiger charge is -2.23. The molecule has 7 nitrogen and oxygen atoms in total. The largest absolute Gasteiger partial charge is 0.497 e. The summed E-state index contributed by atoms with van der Waals surface area (Å²) >= 11 is 0. The van der Waals surface area contributed by atoms with Gasteiger partial charge in [0.05, 0.1) is 26.1 Å². The highest BCUT2D eigenvalue weighted by molar-refractivity contribution is 6.04. The molecule has 1 N–H and O–H groups in total. The maximum Gasteiger partial charge on any atom is 0.255 e. The minimum atomic E-state index is -0.802. The maximum atomic E-state index is 13.4. The molecule has 0 atom stereocenters. The van der Waals surface area contributed by atoms with E-state index < -0.39 is 17.5 Å². The van der Waals surface area contributed by atoms with Crippen LogP contribution in [0.15, 0.2) is 54.7 Å². The Morgan fingerprint density at radius 3 is 2.46 bits per heavy atom.